The van der Waals surface area contributed by atoms with Crippen LogP contribution in [0, 0.1) is 29.6 Å². The molecule has 0 saturated carbocycles. The fourth-order valence-corrected chi connectivity index (χ4v) is 4.59. The molecule has 6 nitrogen and oxygen atoms in total. The second-order valence-corrected chi connectivity index (χ2v) is 20.0. The lowest BCUT2D eigenvalue weighted by atomic mass is 10.1. The van der Waals surface area contributed by atoms with E-state index >= 15 is 0 Å². The average molecular weight is 686 g/mol. The van der Waals surface area contributed by atoms with Gasteiger partial charge in [-0.25, -0.2) is 14.2 Å². The molecule has 2 unspecified atom stereocenters. The van der Waals surface area contributed by atoms with Gasteiger partial charge in [0.15, 0.2) is 0 Å². The van der Waals surface area contributed by atoms with Crippen LogP contribution in [0.1, 0.15) is 138 Å². The van der Waals surface area contributed by atoms with Crippen LogP contribution in [0.15, 0.2) is 24.1 Å². The number of halogens is 1. The third-order valence-electron chi connectivity index (χ3n) is 5.20. The van der Waals surface area contributed by atoms with Gasteiger partial charge in [0.05, 0.1) is 5.83 Å². The Morgan fingerprint density at radius 3 is 1.24 bits per heavy atom. The van der Waals surface area contributed by atoms with Crippen molar-refractivity contribution in [2.24, 2.45) is 29.6 Å². The molecule has 0 aliphatic carbocycles. The SMILES string of the molecule is C=S(=O)(NC(C)C)C(C)C.CC(C)/C=C(\F)C(C)C.CC(C)/C=C/C(C)C.CC(C)CNC(C)C.CC(C)NP(=O)(O)C(C)C. The molecule has 0 spiro atoms. The monoisotopic (exact) mass is 686 g/mol. The molecule has 0 aromatic rings. The van der Waals surface area contributed by atoms with Gasteiger partial charge in [-0.3, -0.25) is 8.77 Å². The fourth-order valence-electron chi connectivity index (χ4n) is 2.48. The summed E-state index contributed by atoms with van der Waals surface area (Å²) in [4.78, 5) is 9.21. The Labute approximate surface area is 283 Å². The summed E-state index contributed by atoms with van der Waals surface area (Å²) in [6.45, 7) is 41.3. The number of rotatable bonds is 13. The molecule has 2 atom stereocenters. The molecule has 0 saturated heterocycles. The van der Waals surface area contributed by atoms with E-state index < -0.39 is 17.2 Å². The van der Waals surface area contributed by atoms with Crippen molar-refractivity contribution in [2.75, 3.05) is 6.54 Å². The Kier molecular flexibility index (Phi) is 35.5. The van der Waals surface area contributed by atoms with Crippen molar-refractivity contribution >= 4 is 23.1 Å². The Morgan fingerprint density at radius 2 is 1.13 bits per heavy atom. The molecule has 276 valence electrons. The molecule has 0 amide bonds. The van der Waals surface area contributed by atoms with Crippen LogP contribution < -0.4 is 15.1 Å². The molecule has 0 aromatic heterocycles. The molecule has 4 N–H and O–H groups in total. The third kappa shape index (κ3) is 48.0. The van der Waals surface area contributed by atoms with Gasteiger partial charge in [-0.05, 0) is 63.8 Å². The first kappa shape index (κ1) is 54.0. The molecule has 0 aliphatic heterocycles. The van der Waals surface area contributed by atoms with E-state index in [1.165, 1.54) is 0 Å². The molecular weight excluding hydrogens is 604 g/mol. The predicted octanol–water partition coefficient (Wildman–Crippen LogP) is 10.2. The van der Waals surface area contributed by atoms with Crippen LogP contribution in [0.4, 0.5) is 4.39 Å². The minimum atomic E-state index is -3.07. The van der Waals surface area contributed by atoms with Crippen LogP contribution in [-0.2, 0) is 14.3 Å². The Balaban J connectivity index is -0.000000149. The highest BCUT2D eigenvalue weighted by Crippen LogP contribution is 2.41. The lowest BCUT2D eigenvalue weighted by Crippen LogP contribution is -2.35. The molecule has 0 rings (SSSR count). The minimum Gasteiger partial charge on any atom is -0.333 e. The summed E-state index contributed by atoms with van der Waals surface area (Å²) in [7, 11) is -5.12. The first-order valence-corrected chi connectivity index (χ1v) is 20.6. The molecule has 9 heteroatoms. The number of nitrogens with one attached hydrogen (secondary N) is 3. The minimum absolute atomic E-state index is 0.00463. The molecule has 0 aliphatic rings. The smallest absolute Gasteiger partial charge is 0.269 e. The Bertz CT molecular complexity index is 860. The largest absolute Gasteiger partial charge is 0.333 e. The summed E-state index contributed by atoms with van der Waals surface area (Å²) >= 11 is 0. The van der Waals surface area contributed by atoms with E-state index in [9.17, 15) is 18.1 Å². The molecule has 0 aromatic carbocycles. The fraction of sp³-hybridized carbons (Fsp3) is 0.861. The highest BCUT2D eigenvalue weighted by molar-refractivity contribution is 7.99. The van der Waals surface area contributed by atoms with Crippen molar-refractivity contribution in [1.82, 2.24) is 15.1 Å². The van der Waals surface area contributed by atoms with Gasteiger partial charge in [0, 0.05) is 44.7 Å². The molecule has 0 fully saturated rings. The maximum atomic E-state index is 12.6. The third-order valence-corrected chi connectivity index (χ3v) is 9.88. The van der Waals surface area contributed by atoms with Crippen LogP contribution in [0.25, 0.3) is 0 Å². The van der Waals surface area contributed by atoms with Crippen LogP contribution >= 0.6 is 7.52 Å². The van der Waals surface area contributed by atoms with Crippen LogP contribution in [-0.4, -0.2) is 50.6 Å². The highest BCUT2D eigenvalue weighted by Gasteiger charge is 2.22. The van der Waals surface area contributed by atoms with Crippen LogP contribution in [0.5, 0.6) is 0 Å². The number of hydrogen-bond acceptors (Lipinski definition) is 3. The van der Waals surface area contributed by atoms with E-state index in [1.54, 1.807) is 19.9 Å². The maximum absolute atomic E-state index is 12.6. The van der Waals surface area contributed by atoms with Gasteiger partial charge in [0.2, 0.25) is 0 Å². The Morgan fingerprint density at radius 1 is 0.733 bits per heavy atom. The first-order chi connectivity index (χ1) is 20.0. The van der Waals surface area contributed by atoms with Gasteiger partial charge in [0.25, 0.3) is 7.52 Å². The maximum Gasteiger partial charge on any atom is 0.269 e. The molecule has 45 heavy (non-hydrogen) atoms. The summed E-state index contributed by atoms with van der Waals surface area (Å²) in [5, 5.41) is 6.08. The second kappa shape index (κ2) is 29.6. The van der Waals surface area contributed by atoms with Crippen molar-refractivity contribution in [1.29, 1.82) is 0 Å². The quantitative estimate of drug-likeness (QED) is 0.0880. The second-order valence-electron chi connectivity index (χ2n) is 14.8. The molecule has 0 heterocycles. The first-order valence-electron chi connectivity index (χ1n) is 17.0. The number of allylic oxidation sites excluding steroid dienone is 4. The summed E-state index contributed by atoms with van der Waals surface area (Å²) in [6.07, 6.45) is 6.14. The van der Waals surface area contributed by atoms with E-state index in [2.05, 4.69) is 88.5 Å². The zero-order valence-corrected chi connectivity index (χ0v) is 35.1. The van der Waals surface area contributed by atoms with E-state index in [4.69, 9.17) is 0 Å². The zero-order valence-electron chi connectivity index (χ0n) is 33.4. The van der Waals surface area contributed by atoms with Gasteiger partial charge in [-0.2, -0.15) is 0 Å². The van der Waals surface area contributed by atoms with Gasteiger partial charge >= 0.3 is 0 Å². The lowest BCUT2D eigenvalue weighted by molar-refractivity contribution is 0.445. The average Bonchev–Trinajstić information content (AvgIpc) is 2.81. The van der Waals surface area contributed by atoms with Crippen LogP contribution in [0.3, 0.4) is 0 Å². The summed E-state index contributed by atoms with van der Waals surface area (Å²) in [6, 6.07) is 0.947. The van der Waals surface area contributed by atoms with Crippen molar-refractivity contribution in [3.05, 3.63) is 24.1 Å². The lowest BCUT2D eigenvalue weighted by Gasteiger charge is -2.18. The van der Waals surface area contributed by atoms with E-state index in [1.807, 2.05) is 69.2 Å². The van der Waals surface area contributed by atoms with Gasteiger partial charge in [-0.15, -0.1) is 0 Å². The van der Waals surface area contributed by atoms with Crippen molar-refractivity contribution in [2.45, 2.75) is 168 Å². The topological polar surface area (TPSA) is 90.5 Å². The van der Waals surface area contributed by atoms with Gasteiger partial charge in [-0.1, -0.05) is 129 Å². The predicted molar refractivity (Wildman–Crippen MR) is 208 cm³/mol. The van der Waals surface area contributed by atoms with E-state index in [-0.39, 0.29) is 34.7 Å². The highest BCUT2D eigenvalue weighted by atomic mass is 32.2. The van der Waals surface area contributed by atoms with Crippen molar-refractivity contribution in [3.63, 3.8) is 0 Å². The standard InChI is InChI=1S/C8H15F.C8H16.C7H17NOS.C7H17N.C6H16NO2P/c1-6(2)5-8(9)7(3)4;1-7(2)5-6-8(3)4;1-6(2)8-10(5,9)7(3)4;1-6(2)5-8-7(3)4;1-5(2)7-10(8,9)6(3)4/h5-7H,1-4H3;5-8H,1-4H3;6-7H,5H2,1-4H3,(H,8,9);6-8H,5H2,1-4H3;5-6H,1-4H3,(H2,7,8,9)/b8-5-;6-5+;;;. The summed E-state index contributed by atoms with van der Waals surface area (Å²) in [5.41, 5.74) is -0.199. The summed E-state index contributed by atoms with van der Waals surface area (Å²) in [5.74, 6) is 6.19. The normalized spacial score (nSPS) is 14.8. The Hall–Kier alpha value is -0.500. The van der Waals surface area contributed by atoms with E-state index in [0.29, 0.717) is 23.8 Å². The van der Waals surface area contributed by atoms with Crippen molar-refractivity contribution < 1.29 is 18.1 Å². The summed E-state index contributed by atoms with van der Waals surface area (Å²) < 4.78 is 38.2. The van der Waals surface area contributed by atoms with Gasteiger partial charge < -0.3 is 10.2 Å². The zero-order chi connectivity index (χ0) is 37.3. The van der Waals surface area contributed by atoms with Crippen LogP contribution in [0.2, 0.25) is 0 Å². The number of hydrogen-bond donors (Lipinski definition) is 4. The van der Waals surface area contributed by atoms with Gasteiger partial charge in [0.1, 0.15) is 0 Å². The molecule has 0 radical (unpaired) electrons. The van der Waals surface area contributed by atoms with E-state index in [0.717, 1.165) is 12.5 Å². The molecule has 0 bridgehead atoms. The molecular formula is C36H81FN3O3PS. The van der Waals surface area contributed by atoms with Crippen molar-refractivity contribution in [3.8, 4) is 0 Å².